The predicted octanol–water partition coefficient (Wildman–Crippen LogP) is 10.6. The number of benzene rings is 6. The largest absolute Gasteiger partial charge is 0.453 e. The van der Waals surface area contributed by atoms with Gasteiger partial charge >= 0.3 is 0 Å². The molecule has 3 heteroatoms. The Labute approximate surface area is 217 Å². The minimum Gasteiger partial charge on any atom is -0.453 e. The van der Waals surface area contributed by atoms with Gasteiger partial charge in [-0.3, -0.25) is 0 Å². The quantitative estimate of drug-likeness (QED) is 0.244. The van der Waals surface area contributed by atoms with Crippen LogP contribution in [-0.2, 0) is 0 Å². The summed E-state index contributed by atoms with van der Waals surface area (Å²) < 4.78 is 9.40. The number of furan rings is 1. The highest BCUT2D eigenvalue weighted by Gasteiger charge is 2.22. The first-order chi connectivity index (χ1) is 18.4. The maximum absolute atomic E-state index is 6.86. The van der Waals surface area contributed by atoms with Crippen LogP contribution in [0.15, 0.2) is 132 Å². The van der Waals surface area contributed by atoms with Crippen molar-refractivity contribution in [3.05, 3.63) is 127 Å². The van der Waals surface area contributed by atoms with E-state index in [9.17, 15) is 0 Å². The van der Waals surface area contributed by atoms with Gasteiger partial charge in [-0.15, -0.1) is 11.3 Å². The second-order valence-corrected chi connectivity index (χ2v) is 10.4. The van der Waals surface area contributed by atoms with Gasteiger partial charge in [-0.2, -0.15) is 0 Å². The molecule has 174 valence electrons. The third-order valence-electron chi connectivity index (χ3n) is 7.25. The molecule has 0 aliphatic carbocycles. The lowest BCUT2D eigenvalue weighted by molar-refractivity contribution is 0.673. The highest BCUT2D eigenvalue weighted by molar-refractivity contribution is 7.26. The van der Waals surface area contributed by atoms with Crippen molar-refractivity contribution >= 4 is 81.3 Å². The number of fused-ring (bicyclic) bond motifs is 8. The molecule has 8 aromatic rings. The highest BCUT2D eigenvalue weighted by atomic mass is 32.1. The number of hydrogen-bond donors (Lipinski definition) is 0. The fourth-order valence-corrected chi connectivity index (χ4v) is 6.72. The van der Waals surface area contributed by atoms with E-state index in [0.29, 0.717) is 0 Å². The van der Waals surface area contributed by atoms with Crippen molar-refractivity contribution in [2.45, 2.75) is 0 Å². The Morgan fingerprint density at radius 3 is 2.05 bits per heavy atom. The van der Waals surface area contributed by atoms with Gasteiger partial charge in [0, 0.05) is 42.0 Å². The zero-order valence-electron chi connectivity index (χ0n) is 19.9. The number of rotatable bonds is 3. The fraction of sp³-hybridized carbons (Fsp3) is 0. The smallest absolute Gasteiger partial charge is 0.159 e. The molecule has 0 aliphatic rings. The minimum atomic E-state index is 0.900. The molecule has 0 atom stereocenters. The second kappa shape index (κ2) is 7.95. The normalized spacial score (nSPS) is 11.8. The Morgan fingerprint density at radius 2 is 1.14 bits per heavy atom. The lowest BCUT2D eigenvalue weighted by Gasteiger charge is -2.26. The molecule has 0 radical (unpaired) electrons. The van der Waals surface area contributed by atoms with Gasteiger partial charge in [-0.05, 0) is 47.9 Å². The summed E-state index contributed by atoms with van der Waals surface area (Å²) >= 11 is 1.82. The van der Waals surface area contributed by atoms with E-state index in [1.54, 1.807) is 0 Å². The first-order valence-corrected chi connectivity index (χ1v) is 13.3. The molecular formula is C34H21NOS. The Bertz CT molecular complexity index is 2100. The molecule has 0 saturated heterocycles. The number of thiophene rings is 1. The first-order valence-electron chi connectivity index (χ1n) is 12.5. The highest BCUT2D eigenvalue weighted by Crippen LogP contribution is 2.46. The van der Waals surface area contributed by atoms with E-state index in [0.717, 1.165) is 39.0 Å². The summed E-state index contributed by atoms with van der Waals surface area (Å²) in [6.07, 6.45) is 0. The van der Waals surface area contributed by atoms with Crippen molar-refractivity contribution in [1.29, 1.82) is 0 Å². The summed E-state index contributed by atoms with van der Waals surface area (Å²) in [5, 5.41) is 7.15. The molecule has 0 unspecified atom stereocenters. The zero-order valence-corrected chi connectivity index (χ0v) is 20.7. The summed E-state index contributed by atoms with van der Waals surface area (Å²) in [7, 11) is 0. The molecule has 0 fully saturated rings. The minimum absolute atomic E-state index is 0.900. The van der Waals surface area contributed by atoms with Crippen LogP contribution in [-0.4, -0.2) is 0 Å². The van der Waals surface area contributed by atoms with Gasteiger partial charge in [-0.25, -0.2) is 0 Å². The molecule has 0 aliphatic heterocycles. The fourth-order valence-electron chi connectivity index (χ4n) is 5.61. The molecule has 8 rings (SSSR count). The SMILES string of the molecule is c1ccc(N(c2cccc3ccccc23)c2cccc3c2oc2c3ccc3sc4ccccc4c32)cc1. The zero-order chi connectivity index (χ0) is 24.3. The topological polar surface area (TPSA) is 16.4 Å². The van der Waals surface area contributed by atoms with Crippen LogP contribution < -0.4 is 4.90 Å². The third kappa shape index (κ3) is 3.05. The molecule has 0 spiro atoms. The first kappa shape index (κ1) is 20.6. The van der Waals surface area contributed by atoms with Crippen molar-refractivity contribution in [2.24, 2.45) is 0 Å². The van der Waals surface area contributed by atoms with Crippen LogP contribution in [0.3, 0.4) is 0 Å². The monoisotopic (exact) mass is 491 g/mol. The number of para-hydroxylation sites is 2. The van der Waals surface area contributed by atoms with Crippen molar-refractivity contribution in [1.82, 2.24) is 0 Å². The second-order valence-electron chi connectivity index (χ2n) is 9.34. The van der Waals surface area contributed by atoms with Gasteiger partial charge < -0.3 is 9.32 Å². The van der Waals surface area contributed by atoms with E-state index >= 15 is 0 Å². The molecule has 6 aromatic carbocycles. The Morgan fingerprint density at radius 1 is 0.459 bits per heavy atom. The summed E-state index contributed by atoms with van der Waals surface area (Å²) in [4.78, 5) is 2.33. The standard InChI is InChI=1S/C34H21NOS/c1-2-12-23(13-3-1)35(28-17-8-11-22-10-4-5-14-24(22)28)29-18-9-16-25-26-20-21-31-32(34(26)36-33(25)29)27-15-6-7-19-30(27)37-31/h1-21H. The van der Waals surface area contributed by atoms with Gasteiger partial charge in [-0.1, -0.05) is 84.9 Å². The molecular weight excluding hydrogens is 470 g/mol. The number of hydrogen-bond acceptors (Lipinski definition) is 3. The predicted molar refractivity (Wildman–Crippen MR) is 159 cm³/mol. The van der Waals surface area contributed by atoms with Crippen LogP contribution in [0.1, 0.15) is 0 Å². The Kier molecular flexibility index (Phi) is 4.42. The average molecular weight is 492 g/mol. The van der Waals surface area contributed by atoms with Crippen LogP contribution in [0.4, 0.5) is 17.1 Å². The molecule has 2 nitrogen and oxygen atoms in total. The third-order valence-corrected chi connectivity index (χ3v) is 8.38. The van der Waals surface area contributed by atoms with Crippen LogP contribution in [0, 0.1) is 0 Å². The van der Waals surface area contributed by atoms with Crippen molar-refractivity contribution in [3.8, 4) is 0 Å². The van der Waals surface area contributed by atoms with Gasteiger partial charge in [0.2, 0.25) is 0 Å². The number of nitrogens with zero attached hydrogens (tertiary/aromatic N) is 1. The van der Waals surface area contributed by atoms with Crippen molar-refractivity contribution in [2.75, 3.05) is 4.90 Å². The van der Waals surface area contributed by atoms with E-state index in [1.807, 2.05) is 11.3 Å². The molecule has 2 heterocycles. The molecule has 0 bridgehead atoms. The lowest BCUT2D eigenvalue weighted by Crippen LogP contribution is -2.10. The summed E-state index contributed by atoms with van der Waals surface area (Å²) in [6, 6.07) is 45.2. The van der Waals surface area contributed by atoms with Gasteiger partial charge in [0.25, 0.3) is 0 Å². The van der Waals surface area contributed by atoms with E-state index in [-0.39, 0.29) is 0 Å². The van der Waals surface area contributed by atoms with E-state index in [2.05, 4.69) is 132 Å². The summed E-state index contributed by atoms with van der Waals surface area (Å²) in [6.45, 7) is 0. The van der Waals surface area contributed by atoms with E-state index < -0.39 is 0 Å². The molecule has 0 amide bonds. The van der Waals surface area contributed by atoms with Crippen LogP contribution >= 0.6 is 11.3 Å². The molecule has 0 saturated carbocycles. The van der Waals surface area contributed by atoms with E-state index in [4.69, 9.17) is 4.42 Å². The Hall–Kier alpha value is -4.60. The maximum atomic E-state index is 6.86. The molecule has 2 aromatic heterocycles. The number of anilines is 3. The van der Waals surface area contributed by atoms with Crippen LogP contribution in [0.5, 0.6) is 0 Å². The van der Waals surface area contributed by atoms with Gasteiger partial charge in [0.1, 0.15) is 5.58 Å². The lowest BCUT2D eigenvalue weighted by atomic mass is 10.0. The van der Waals surface area contributed by atoms with Gasteiger partial charge in [0.05, 0.1) is 11.4 Å². The summed E-state index contributed by atoms with van der Waals surface area (Å²) in [5.41, 5.74) is 5.12. The van der Waals surface area contributed by atoms with Crippen molar-refractivity contribution in [3.63, 3.8) is 0 Å². The Balaban J connectivity index is 1.48. The average Bonchev–Trinajstić information content (AvgIpc) is 3.53. The van der Waals surface area contributed by atoms with Crippen molar-refractivity contribution < 1.29 is 4.42 Å². The van der Waals surface area contributed by atoms with Crippen LogP contribution in [0.2, 0.25) is 0 Å². The molecule has 0 N–H and O–H groups in total. The maximum Gasteiger partial charge on any atom is 0.159 e. The van der Waals surface area contributed by atoms with Crippen LogP contribution in [0.25, 0.3) is 52.9 Å². The van der Waals surface area contributed by atoms with E-state index in [1.165, 1.54) is 30.9 Å². The van der Waals surface area contributed by atoms with Gasteiger partial charge in [0.15, 0.2) is 5.58 Å². The summed E-state index contributed by atoms with van der Waals surface area (Å²) in [5.74, 6) is 0. The molecule has 37 heavy (non-hydrogen) atoms.